The largest absolute Gasteiger partial charge is 0.396 e. The third-order valence-electron chi connectivity index (χ3n) is 3.47. The van der Waals surface area contributed by atoms with Gasteiger partial charge >= 0.3 is 0 Å². The van der Waals surface area contributed by atoms with E-state index in [2.05, 4.69) is 31.1 Å². The Morgan fingerprint density at radius 1 is 1.47 bits per heavy atom. The second-order valence-corrected chi connectivity index (χ2v) is 5.20. The topological polar surface area (TPSA) is 35.5 Å². The summed E-state index contributed by atoms with van der Waals surface area (Å²) < 4.78 is 0. The van der Waals surface area contributed by atoms with Crippen molar-refractivity contribution in [2.75, 3.05) is 33.3 Å². The molecule has 0 saturated carbocycles. The fourth-order valence-corrected chi connectivity index (χ4v) is 2.16. The third-order valence-corrected chi connectivity index (χ3v) is 3.47. The summed E-state index contributed by atoms with van der Waals surface area (Å²) in [5.41, 5.74) is 0. The first-order chi connectivity index (χ1) is 7.13. The van der Waals surface area contributed by atoms with E-state index in [0.717, 1.165) is 13.1 Å². The van der Waals surface area contributed by atoms with Crippen molar-refractivity contribution < 1.29 is 5.11 Å². The van der Waals surface area contributed by atoms with Gasteiger partial charge in [-0.25, -0.2) is 0 Å². The lowest BCUT2D eigenvalue weighted by atomic mass is 9.96. The van der Waals surface area contributed by atoms with E-state index in [4.69, 9.17) is 0 Å². The minimum atomic E-state index is 0.299. The molecule has 1 fully saturated rings. The summed E-state index contributed by atoms with van der Waals surface area (Å²) in [5, 5.41) is 12.8. The zero-order valence-electron chi connectivity index (χ0n) is 10.4. The maximum absolute atomic E-state index is 9.23. The predicted molar refractivity (Wildman–Crippen MR) is 63.9 cm³/mol. The Hall–Kier alpha value is -0.120. The standard InChI is InChI=1S/C12H26N2O/c1-10(2)11(9-15)7-13-12-5-4-6-14(3)8-12/h10-13,15H,4-9H2,1-3H3. The molecule has 0 bridgehead atoms. The van der Waals surface area contributed by atoms with Crippen LogP contribution in [0.15, 0.2) is 0 Å². The number of rotatable bonds is 5. The van der Waals surface area contributed by atoms with Gasteiger partial charge in [-0.15, -0.1) is 0 Å². The third kappa shape index (κ3) is 4.49. The molecule has 3 heteroatoms. The van der Waals surface area contributed by atoms with Crippen molar-refractivity contribution in [3.8, 4) is 0 Å². The lowest BCUT2D eigenvalue weighted by Gasteiger charge is -2.32. The second-order valence-electron chi connectivity index (χ2n) is 5.20. The first kappa shape index (κ1) is 12.9. The molecular formula is C12H26N2O. The molecule has 90 valence electrons. The zero-order valence-corrected chi connectivity index (χ0v) is 10.4. The molecule has 0 aromatic heterocycles. The van der Waals surface area contributed by atoms with Gasteiger partial charge < -0.3 is 15.3 Å². The number of nitrogens with zero attached hydrogens (tertiary/aromatic N) is 1. The van der Waals surface area contributed by atoms with E-state index >= 15 is 0 Å². The molecule has 2 atom stereocenters. The van der Waals surface area contributed by atoms with Gasteiger partial charge in [0.05, 0.1) is 0 Å². The van der Waals surface area contributed by atoms with Gasteiger partial charge in [-0.05, 0) is 38.3 Å². The lowest BCUT2D eigenvalue weighted by Crippen LogP contribution is -2.46. The van der Waals surface area contributed by atoms with Crippen molar-refractivity contribution in [1.29, 1.82) is 0 Å². The molecule has 1 heterocycles. The van der Waals surface area contributed by atoms with Gasteiger partial charge in [0.2, 0.25) is 0 Å². The van der Waals surface area contributed by atoms with Gasteiger partial charge in [0.25, 0.3) is 0 Å². The molecule has 0 aromatic rings. The van der Waals surface area contributed by atoms with Crippen molar-refractivity contribution in [3.63, 3.8) is 0 Å². The summed E-state index contributed by atoms with van der Waals surface area (Å²) in [6, 6.07) is 0.622. The van der Waals surface area contributed by atoms with E-state index in [-0.39, 0.29) is 0 Å². The average Bonchev–Trinajstić information content (AvgIpc) is 2.18. The second kappa shape index (κ2) is 6.46. The highest BCUT2D eigenvalue weighted by Gasteiger charge is 2.19. The quantitative estimate of drug-likeness (QED) is 0.715. The van der Waals surface area contributed by atoms with E-state index in [0.29, 0.717) is 24.5 Å². The number of aliphatic hydroxyl groups excluding tert-OH is 1. The molecule has 1 aliphatic heterocycles. The van der Waals surface area contributed by atoms with Crippen LogP contribution in [0.5, 0.6) is 0 Å². The van der Waals surface area contributed by atoms with Crippen LogP contribution in [0, 0.1) is 11.8 Å². The molecule has 1 aliphatic rings. The van der Waals surface area contributed by atoms with Crippen LogP contribution >= 0.6 is 0 Å². The lowest BCUT2D eigenvalue weighted by molar-refractivity contribution is 0.168. The van der Waals surface area contributed by atoms with E-state index in [1.807, 2.05) is 0 Å². The minimum Gasteiger partial charge on any atom is -0.396 e. The number of piperidine rings is 1. The monoisotopic (exact) mass is 214 g/mol. The predicted octanol–water partition coefficient (Wildman–Crippen LogP) is 0.935. The fraction of sp³-hybridized carbons (Fsp3) is 1.00. The van der Waals surface area contributed by atoms with Crippen LogP contribution in [0.3, 0.4) is 0 Å². The average molecular weight is 214 g/mol. The van der Waals surface area contributed by atoms with Crippen LogP contribution in [-0.2, 0) is 0 Å². The summed E-state index contributed by atoms with van der Waals surface area (Å²) in [7, 11) is 2.18. The Morgan fingerprint density at radius 3 is 2.73 bits per heavy atom. The van der Waals surface area contributed by atoms with Crippen LogP contribution in [0.2, 0.25) is 0 Å². The molecule has 2 unspecified atom stereocenters. The van der Waals surface area contributed by atoms with Gasteiger partial charge in [0.1, 0.15) is 0 Å². The van der Waals surface area contributed by atoms with Crippen molar-refractivity contribution in [3.05, 3.63) is 0 Å². The number of likely N-dealkylation sites (tertiary alicyclic amines) is 1. The van der Waals surface area contributed by atoms with E-state index < -0.39 is 0 Å². The molecule has 0 aliphatic carbocycles. The molecule has 1 rings (SSSR count). The first-order valence-corrected chi connectivity index (χ1v) is 6.16. The number of hydrogen-bond donors (Lipinski definition) is 2. The van der Waals surface area contributed by atoms with Crippen molar-refractivity contribution in [1.82, 2.24) is 10.2 Å². The molecule has 1 saturated heterocycles. The molecular weight excluding hydrogens is 188 g/mol. The van der Waals surface area contributed by atoms with E-state index in [1.165, 1.54) is 19.4 Å². The van der Waals surface area contributed by atoms with Gasteiger partial charge in [-0.1, -0.05) is 13.8 Å². The molecule has 0 spiro atoms. The highest BCUT2D eigenvalue weighted by atomic mass is 16.3. The Bertz CT molecular complexity index is 173. The van der Waals surface area contributed by atoms with E-state index in [1.54, 1.807) is 0 Å². The first-order valence-electron chi connectivity index (χ1n) is 6.16. The zero-order chi connectivity index (χ0) is 11.3. The highest BCUT2D eigenvalue weighted by Crippen LogP contribution is 2.11. The Labute approximate surface area is 93.9 Å². The SMILES string of the molecule is CC(C)C(CO)CNC1CCCN(C)C1. The molecule has 0 aromatic carbocycles. The van der Waals surface area contributed by atoms with Crippen molar-refractivity contribution >= 4 is 0 Å². The van der Waals surface area contributed by atoms with Crippen LogP contribution in [0.25, 0.3) is 0 Å². The summed E-state index contributed by atoms with van der Waals surface area (Å²) >= 11 is 0. The molecule has 2 N–H and O–H groups in total. The van der Waals surface area contributed by atoms with Crippen molar-refractivity contribution in [2.24, 2.45) is 11.8 Å². The van der Waals surface area contributed by atoms with Gasteiger partial charge in [-0.2, -0.15) is 0 Å². The Morgan fingerprint density at radius 2 is 2.20 bits per heavy atom. The summed E-state index contributed by atoms with van der Waals surface area (Å²) in [6.45, 7) is 7.98. The van der Waals surface area contributed by atoms with Crippen LogP contribution in [0.1, 0.15) is 26.7 Å². The maximum Gasteiger partial charge on any atom is 0.0473 e. The Balaban J connectivity index is 2.23. The molecule has 0 radical (unpaired) electrons. The maximum atomic E-state index is 9.23. The highest BCUT2D eigenvalue weighted by molar-refractivity contribution is 4.77. The van der Waals surface area contributed by atoms with Gasteiger partial charge in [0.15, 0.2) is 0 Å². The van der Waals surface area contributed by atoms with Crippen LogP contribution in [0.4, 0.5) is 0 Å². The number of hydrogen-bond acceptors (Lipinski definition) is 3. The van der Waals surface area contributed by atoms with Crippen molar-refractivity contribution in [2.45, 2.75) is 32.7 Å². The van der Waals surface area contributed by atoms with Gasteiger partial charge in [-0.3, -0.25) is 0 Å². The Kier molecular flexibility index (Phi) is 5.58. The molecule has 3 nitrogen and oxygen atoms in total. The molecule has 15 heavy (non-hydrogen) atoms. The van der Waals surface area contributed by atoms with Gasteiger partial charge in [0, 0.05) is 25.7 Å². The smallest absolute Gasteiger partial charge is 0.0473 e. The van der Waals surface area contributed by atoms with Crippen LogP contribution in [-0.4, -0.2) is 49.3 Å². The van der Waals surface area contributed by atoms with Crippen LogP contribution < -0.4 is 5.32 Å². The summed E-state index contributed by atoms with van der Waals surface area (Å²) in [5.74, 6) is 0.959. The number of nitrogens with one attached hydrogen (secondary N) is 1. The number of likely N-dealkylation sites (N-methyl/N-ethyl adjacent to an activating group) is 1. The summed E-state index contributed by atoms with van der Waals surface area (Å²) in [6.07, 6.45) is 2.57. The fourth-order valence-electron chi connectivity index (χ4n) is 2.16. The summed E-state index contributed by atoms with van der Waals surface area (Å²) in [4.78, 5) is 2.38. The number of aliphatic hydroxyl groups is 1. The minimum absolute atomic E-state index is 0.299. The normalized spacial score (nSPS) is 25.8. The molecule has 0 amide bonds. The van der Waals surface area contributed by atoms with E-state index in [9.17, 15) is 5.11 Å².